The number of thioether (sulfide) groups is 1. The van der Waals surface area contributed by atoms with Crippen molar-refractivity contribution >= 4 is 29.3 Å². The van der Waals surface area contributed by atoms with Gasteiger partial charge in [0.25, 0.3) is 0 Å². The molecule has 1 aliphatic heterocycles. The van der Waals surface area contributed by atoms with Gasteiger partial charge < -0.3 is 15.2 Å². The van der Waals surface area contributed by atoms with Gasteiger partial charge in [0, 0.05) is 29.5 Å². The van der Waals surface area contributed by atoms with Crippen LogP contribution in [-0.4, -0.2) is 41.1 Å². The molecular formula is C15H20ClNO3S. The van der Waals surface area contributed by atoms with Crippen LogP contribution in [0.15, 0.2) is 29.2 Å². The van der Waals surface area contributed by atoms with Gasteiger partial charge in [0.05, 0.1) is 11.4 Å². The van der Waals surface area contributed by atoms with E-state index in [-0.39, 0.29) is 23.8 Å². The SMILES string of the molecule is CC(Sc1ccc(Cl)cc1)C(=O)NCC1(O)CCOC1C. The van der Waals surface area contributed by atoms with Gasteiger partial charge in [-0.1, -0.05) is 11.6 Å². The highest BCUT2D eigenvalue weighted by atomic mass is 35.5. The summed E-state index contributed by atoms with van der Waals surface area (Å²) in [5.41, 5.74) is -0.958. The van der Waals surface area contributed by atoms with Crippen molar-refractivity contribution in [3.8, 4) is 0 Å². The molecule has 0 aliphatic carbocycles. The highest BCUT2D eigenvalue weighted by molar-refractivity contribution is 8.00. The standard InChI is InChI=1S/C15H20ClNO3S/c1-10(21-13-5-3-12(16)4-6-13)14(18)17-9-15(19)7-8-20-11(15)2/h3-6,10-11,19H,7-9H2,1-2H3,(H,17,18). The molecule has 0 spiro atoms. The molecule has 116 valence electrons. The number of hydrogen-bond donors (Lipinski definition) is 2. The van der Waals surface area contributed by atoms with Gasteiger partial charge in [0.2, 0.25) is 5.91 Å². The number of aliphatic hydroxyl groups is 1. The lowest BCUT2D eigenvalue weighted by atomic mass is 9.97. The van der Waals surface area contributed by atoms with Crippen molar-refractivity contribution in [2.24, 2.45) is 0 Å². The van der Waals surface area contributed by atoms with Crippen LogP contribution in [0.25, 0.3) is 0 Å². The number of halogens is 1. The van der Waals surface area contributed by atoms with E-state index in [1.165, 1.54) is 11.8 Å². The molecule has 4 nitrogen and oxygen atoms in total. The normalized spacial score (nSPS) is 26.6. The van der Waals surface area contributed by atoms with Crippen LogP contribution in [0.3, 0.4) is 0 Å². The molecule has 1 saturated heterocycles. The molecule has 2 N–H and O–H groups in total. The highest BCUT2D eigenvalue weighted by Gasteiger charge is 2.39. The van der Waals surface area contributed by atoms with Crippen molar-refractivity contribution in [2.75, 3.05) is 13.2 Å². The molecule has 0 radical (unpaired) electrons. The summed E-state index contributed by atoms with van der Waals surface area (Å²) in [6.45, 7) is 4.42. The first-order valence-electron chi connectivity index (χ1n) is 6.94. The summed E-state index contributed by atoms with van der Waals surface area (Å²) in [5.74, 6) is -0.0949. The van der Waals surface area contributed by atoms with Gasteiger partial charge in [-0.15, -0.1) is 11.8 Å². The zero-order valence-corrected chi connectivity index (χ0v) is 13.7. The number of nitrogens with one attached hydrogen (secondary N) is 1. The molecule has 1 aliphatic rings. The third kappa shape index (κ3) is 4.36. The average Bonchev–Trinajstić information content (AvgIpc) is 2.79. The van der Waals surface area contributed by atoms with E-state index >= 15 is 0 Å². The number of ether oxygens (including phenoxy) is 1. The second-order valence-corrected chi connectivity index (χ2v) is 7.15. The van der Waals surface area contributed by atoms with Crippen LogP contribution < -0.4 is 5.32 Å². The average molecular weight is 330 g/mol. The maximum absolute atomic E-state index is 12.1. The summed E-state index contributed by atoms with van der Waals surface area (Å²) in [7, 11) is 0. The number of amides is 1. The van der Waals surface area contributed by atoms with Crippen molar-refractivity contribution < 1.29 is 14.6 Å². The molecule has 3 unspecified atom stereocenters. The van der Waals surface area contributed by atoms with Gasteiger partial charge >= 0.3 is 0 Å². The largest absolute Gasteiger partial charge is 0.385 e. The van der Waals surface area contributed by atoms with E-state index in [2.05, 4.69) is 5.32 Å². The molecular weight excluding hydrogens is 310 g/mol. The predicted molar refractivity (Wildman–Crippen MR) is 84.8 cm³/mol. The van der Waals surface area contributed by atoms with Crippen molar-refractivity contribution in [3.05, 3.63) is 29.3 Å². The Balaban J connectivity index is 1.84. The van der Waals surface area contributed by atoms with Crippen molar-refractivity contribution in [2.45, 2.75) is 42.1 Å². The lowest BCUT2D eigenvalue weighted by molar-refractivity contribution is -0.122. The summed E-state index contributed by atoms with van der Waals surface area (Å²) in [6.07, 6.45) is 0.296. The fourth-order valence-corrected chi connectivity index (χ4v) is 3.18. The van der Waals surface area contributed by atoms with Gasteiger partial charge in [-0.25, -0.2) is 0 Å². The first-order valence-corrected chi connectivity index (χ1v) is 8.20. The van der Waals surface area contributed by atoms with Crippen molar-refractivity contribution in [3.63, 3.8) is 0 Å². The summed E-state index contributed by atoms with van der Waals surface area (Å²) >= 11 is 7.29. The van der Waals surface area contributed by atoms with Crippen LogP contribution in [0.2, 0.25) is 5.02 Å². The molecule has 1 aromatic carbocycles. The summed E-state index contributed by atoms with van der Waals surface area (Å²) in [5, 5.41) is 13.6. The summed E-state index contributed by atoms with van der Waals surface area (Å²) in [4.78, 5) is 13.1. The summed E-state index contributed by atoms with van der Waals surface area (Å²) < 4.78 is 5.35. The third-order valence-corrected chi connectivity index (χ3v) is 5.09. The Bertz CT molecular complexity index is 496. The Morgan fingerprint density at radius 3 is 2.81 bits per heavy atom. The third-order valence-electron chi connectivity index (χ3n) is 3.72. The smallest absolute Gasteiger partial charge is 0.233 e. The number of carbonyl (C=O) groups is 1. The zero-order valence-electron chi connectivity index (χ0n) is 12.1. The molecule has 1 heterocycles. The molecule has 0 aromatic heterocycles. The fraction of sp³-hybridized carbons (Fsp3) is 0.533. The van der Waals surface area contributed by atoms with Crippen molar-refractivity contribution in [1.82, 2.24) is 5.32 Å². The van der Waals surface area contributed by atoms with E-state index in [0.29, 0.717) is 18.1 Å². The van der Waals surface area contributed by atoms with Gasteiger partial charge in [-0.05, 0) is 38.1 Å². The second kappa shape index (κ2) is 7.01. The Hall–Kier alpha value is -0.750. The van der Waals surface area contributed by atoms with Crippen LogP contribution in [0.1, 0.15) is 20.3 Å². The Morgan fingerprint density at radius 1 is 1.57 bits per heavy atom. The molecule has 1 fully saturated rings. The van der Waals surface area contributed by atoms with E-state index in [9.17, 15) is 9.90 Å². The molecule has 1 amide bonds. The molecule has 3 atom stereocenters. The van der Waals surface area contributed by atoms with E-state index in [0.717, 1.165) is 4.90 Å². The zero-order chi connectivity index (χ0) is 15.5. The quantitative estimate of drug-likeness (QED) is 0.815. The Labute approximate surface area is 134 Å². The van der Waals surface area contributed by atoms with Crippen LogP contribution >= 0.6 is 23.4 Å². The van der Waals surface area contributed by atoms with E-state index in [4.69, 9.17) is 16.3 Å². The monoisotopic (exact) mass is 329 g/mol. The number of carbonyl (C=O) groups excluding carboxylic acids is 1. The van der Waals surface area contributed by atoms with Gasteiger partial charge in [0.15, 0.2) is 0 Å². The number of rotatable bonds is 5. The lowest BCUT2D eigenvalue weighted by Gasteiger charge is -2.26. The van der Waals surface area contributed by atoms with Gasteiger partial charge in [-0.2, -0.15) is 0 Å². The predicted octanol–water partition coefficient (Wildman–Crippen LogP) is 2.48. The molecule has 0 bridgehead atoms. The molecule has 6 heteroatoms. The topological polar surface area (TPSA) is 58.6 Å². The van der Waals surface area contributed by atoms with Crippen LogP contribution in [-0.2, 0) is 9.53 Å². The molecule has 2 rings (SSSR count). The minimum Gasteiger partial charge on any atom is -0.385 e. The van der Waals surface area contributed by atoms with Crippen LogP contribution in [0.4, 0.5) is 0 Å². The maximum atomic E-state index is 12.1. The fourth-order valence-electron chi connectivity index (χ4n) is 2.16. The van der Waals surface area contributed by atoms with E-state index < -0.39 is 5.60 Å². The molecule has 1 aromatic rings. The van der Waals surface area contributed by atoms with E-state index in [1.807, 2.05) is 26.0 Å². The number of benzene rings is 1. The minimum absolute atomic E-state index is 0.0949. The van der Waals surface area contributed by atoms with Gasteiger partial charge in [0.1, 0.15) is 5.60 Å². The van der Waals surface area contributed by atoms with Crippen molar-refractivity contribution in [1.29, 1.82) is 0 Å². The lowest BCUT2D eigenvalue weighted by Crippen LogP contribution is -2.48. The first-order chi connectivity index (χ1) is 9.90. The van der Waals surface area contributed by atoms with Gasteiger partial charge in [-0.3, -0.25) is 4.79 Å². The van der Waals surface area contributed by atoms with Crippen LogP contribution in [0.5, 0.6) is 0 Å². The molecule has 0 saturated carbocycles. The molecule has 21 heavy (non-hydrogen) atoms. The second-order valence-electron chi connectivity index (χ2n) is 5.30. The Morgan fingerprint density at radius 2 is 2.24 bits per heavy atom. The number of hydrogen-bond acceptors (Lipinski definition) is 4. The highest BCUT2D eigenvalue weighted by Crippen LogP contribution is 2.26. The summed E-state index contributed by atoms with van der Waals surface area (Å²) in [6, 6.07) is 7.37. The first kappa shape index (κ1) is 16.6. The van der Waals surface area contributed by atoms with Crippen LogP contribution in [0, 0.1) is 0 Å². The maximum Gasteiger partial charge on any atom is 0.233 e. The minimum atomic E-state index is -0.958. The Kier molecular flexibility index (Phi) is 5.54. The van der Waals surface area contributed by atoms with E-state index in [1.54, 1.807) is 12.1 Å².